The molecule has 0 aliphatic carbocycles. The fourth-order valence-corrected chi connectivity index (χ4v) is 3.70. The lowest BCUT2D eigenvalue weighted by Gasteiger charge is -2.27. The number of anilines is 4. The fourth-order valence-electron chi connectivity index (χ4n) is 3.70. The van der Waals surface area contributed by atoms with Crippen LogP contribution in [0, 0.1) is 12.3 Å². The molecule has 35 heavy (non-hydrogen) atoms. The molecule has 1 aromatic carbocycles. The molecule has 9 nitrogen and oxygen atoms in total. The number of amides is 1. The summed E-state index contributed by atoms with van der Waals surface area (Å²) >= 11 is 0. The van der Waals surface area contributed by atoms with Gasteiger partial charge in [0.1, 0.15) is 6.54 Å². The monoisotopic (exact) mass is 494 g/mol. The van der Waals surface area contributed by atoms with Gasteiger partial charge in [0.2, 0.25) is 17.8 Å². The third kappa shape index (κ3) is 8.23. The van der Waals surface area contributed by atoms with Crippen LogP contribution >= 0.6 is 0 Å². The third-order valence-corrected chi connectivity index (χ3v) is 5.27. The maximum absolute atomic E-state index is 12.5. The Morgan fingerprint density at radius 3 is 2.51 bits per heavy atom. The van der Waals surface area contributed by atoms with Crippen molar-refractivity contribution in [3.05, 3.63) is 29.3 Å². The average Bonchev–Trinajstić information content (AvgIpc) is 3.24. The molecule has 192 valence electrons. The molecule has 0 spiro atoms. The molecule has 1 aromatic heterocycles. The molecule has 1 fully saturated rings. The van der Waals surface area contributed by atoms with Crippen LogP contribution in [0.15, 0.2) is 18.2 Å². The summed E-state index contributed by atoms with van der Waals surface area (Å²) < 4.78 is 37.5. The number of aromatic nitrogens is 3. The second kappa shape index (κ2) is 10.6. The highest BCUT2D eigenvalue weighted by molar-refractivity contribution is 5.95. The first-order valence-electron chi connectivity index (χ1n) is 11.5. The lowest BCUT2D eigenvalue weighted by molar-refractivity contribution is -0.123. The number of nitrogens with one attached hydrogen (secondary N) is 4. The van der Waals surface area contributed by atoms with Gasteiger partial charge in [-0.15, -0.1) is 0 Å². The van der Waals surface area contributed by atoms with Crippen LogP contribution in [-0.4, -0.2) is 66.3 Å². The number of alkyl halides is 3. The molecule has 1 atom stereocenters. The van der Waals surface area contributed by atoms with Crippen molar-refractivity contribution in [1.82, 2.24) is 25.6 Å². The highest BCUT2D eigenvalue weighted by Crippen LogP contribution is 2.24. The molecule has 1 aliphatic heterocycles. The number of rotatable bonds is 8. The third-order valence-electron chi connectivity index (χ3n) is 5.27. The summed E-state index contributed by atoms with van der Waals surface area (Å²) in [4.78, 5) is 27.8. The van der Waals surface area contributed by atoms with Crippen molar-refractivity contribution < 1.29 is 18.0 Å². The van der Waals surface area contributed by atoms with E-state index in [9.17, 15) is 18.0 Å². The van der Waals surface area contributed by atoms with Gasteiger partial charge in [0, 0.05) is 37.4 Å². The minimum Gasteiger partial charge on any atom is -0.350 e. The van der Waals surface area contributed by atoms with E-state index < -0.39 is 18.6 Å². The number of nitrogens with zero attached hydrogens (tertiary/aromatic N) is 4. The minimum absolute atomic E-state index is 0.00658. The van der Waals surface area contributed by atoms with E-state index in [4.69, 9.17) is 0 Å². The summed E-state index contributed by atoms with van der Waals surface area (Å²) in [5.41, 5.74) is 1.38. The molecule has 0 radical (unpaired) electrons. The van der Waals surface area contributed by atoms with Crippen LogP contribution in [0.2, 0.25) is 0 Å². The molecule has 2 aromatic rings. The minimum atomic E-state index is -4.49. The molecule has 0 saturated carbocycles. The zero-order valence-corrected chi connectivity index (χ0v) is 20.7. The van der Waals surface area contributed by atoms with Crippen LogP contribution in [0.25, 0.3) is 0 Å². The van der Waals surface area contributed by atoms with Gasteiger partial charge in [-0.2, -0.15) is 28.1 Å². The Bertz CT molecular complexity index is 1030. The van der Waals surface area contributed by atoms with Crippen LogP contribution in [0.4, 0.5) is 36.7 Å². The second-order valence-corrected chi connectivity index (χ2v) is 9.99. The van der Waals surface area contributed by atoms with E-state index in [2.05, 4.69) is 51.7 Å². The van der Waals surface area contributed by atoms with Crippen molar-refractivity contribution >= 4 is 29.4 Å². The van der Waals surface area contributed by atoms with Crippen LogP contribution in [0.1, 0.15) is 43.1 Å². The molecule has 1 saturated heterocycles. The van der Waals surface area contributed by atoms with Gasteiger partial charge in [0.25, 0.3) is 5.91 Å². The largest absolute Gasteiger partial charge is 0.405 e. The van der Waals surface area contributed by atoms with E-state index in [0.717, 1.165) is 25.1 Å². The van der Waals surface area contributed by atoms with E-state index in [1.165, 1.54) is 12.1 Å². The first-order chi connectivity index (χ1) is 16.3. The van der Waals surface area contributed by atoms with Gasteiger partial charge in [-0.25, -0.2) is 0 Å². The Morgan fingerprint density at radius 1 is 1.17 bits per heavy atom. The van der Waals surface area contributed by atoms with E-state index in [0.29, 0.717) is 24.1 Å². The van der Waals surface area contributed by atoms with Crippen LogP contribution in [0.5, 0.6) is 0 Å². The summed E-state index contributed by atoms with van der Waals surface area (Å²) in [6.45, 7) is 9.18. The number of aryl methyl sites for hydroxylation is 1. The SMILES string of the molecule is Cc1ccc(C(=O)NCC(F)(F)F)cc1Nc1nc(N[C@H]2CCNC2)nc(N(C)CC(C)(C)C)n1. The number of carbonyl (C=O) groups excluding carboxylic acids is 1. The van der Waals surface area contributed by atoms with Crippen LogP contribution in [-0.2, 0) is 0 Å². The number of benzene rings is 1. The quantitative estimate of drug-likeness (QED) is 0.442. The topological polar surface area (TPSA) is 107 Å². The summed E-state index contributed by atoms with van der Waals surface area (Å²) in [6, 6.07) is 4.80. The highest BCUT2D eigenvalue weighted by Gasteiger charge is 2.28. The van der Waals surface area contributed by atoms with Gasteiger partial charge >= 0.3 is 6.18 Å². The van der Waals surface area contributed by atoms with E-state index in [-0.39, 0.29) is 23.0 Å². The molecule has 0 bridgehead atoms. The van der Waals surface area contributed by atoms with Crippen molar-refractivity contribution in [2.75, 3.05) is 48.8 Å². The van der Waals surface area contributed by atoms with Gasteiger partial charge in [-0.05, 0) is 43.0 Å². The Balaban J connectivity index is 1.87. The van der Waals surface area contributed by atoms with Gasteiger partial charge in [-0.1, -0.05) is 26.8 Å². The van der Waals surface area contributed by atoms with Crippen molar-refractivity contribution in [3.8, 4) is 0 Å². The predicted octanol–water partition coefficient (Wildman–Crippen LogP) is 3.47. The van der Waals surface area contributed by atoms with Crippen LogP contribution in [0.3, 0.4) is 0 Å². The maximum atomic E-state index is 12.5. The summed E-state index contributed by atoms with van der Waals surface area (Å²) in [7, 11) is 1.90. The van der Waals surface area contributed by atoms with Crippen molar-refractivity contribution in [1.29, 1.82) is 0 Å². The van der Waals surface area contributed by atoms with Gasteiger partial charge < -0.3 is 26.2 Å². The summed E-state index contributed by atoms with van der Waals surface area (Å²) in [5.74, 6) is 0.342. The number of carbonyl (C=O) groups is 1. The predicted molar refractivity (Wildman–Crippen MR) is 130 cm³/mol. The number of halogens is 3. The van der Waals surface area contributed by atoms with Gasteiger partial charge in [-0.3, -0.25) is 4.79 Å². The van der Waals surface area contributed by atoms with Gasteiger partial charge in [0.05, 0.1) is 0 Å². The molecule has 0 unspecified atom stereocenters. The van der Waals surface area contributed by atoms with E-state index >= 15 is 0 Å². The molecule has 2 heterocycles. The Kier molecular flexibility index (Phi) is 8.04. The lowest BCUT2D eigenvalue weighted by atomic mass is 9.96. The highest BCUT2D eigenvalue weighted by atomic mass is 19.4. The average molecular weight is 495 g/mol. The maximum Gasteiger partial charge on any atom is 0.405 e. The van der Waals surface area contributed by atoms with Crippen molar-refractivity contribution in [2.24, 2.45) is 5.41 Å². The smallest absolute Gasteiger partial charge is 0.350 e. The Morgan fingerprint density at radius 2 is 1.89 bits per heavy atom. The number of hydrogen-bond donors (Lipinski definition) is 4. The van der Waals surface area contributed by atoms with E-state index in [1.54, 1.807) is 6.07 Å². The molecule has 12 heteroatoms. The number of hydrogen-bond acceptors (Lipinski definition) is 8. The molecule has 1 aliphatic rings. The fraction of sp³-hybridized carbons (Fsp3) is 0.565. The molecule has 3 rings (SSSR count). The molecular formula is C23H33F3N8O. The van der Waals surface area contributed by atoms with Crippen molar-refractivity contribution in [3.63, 3.8) is 0 Å². The first kappa shape index (κ1) is 26.5. The first-order valence-corrected chi connectivity index (χ1v) is 11.5. The van der Waals surface area contributed by atoms with Gasteiger partial charge in [0.15, 0.2) is 0 Å². The zero-order chi connectivity index (χ0) is 25.8. The second-order valence-electron chi connectivity index (χ2n) is 9.99. The van der Waals surface area contributed by atoms with Crippen molar-refractivity contribution in [2.45, 2.75) is 46.3 Å². The Hall–Kier alpha value is -3.15. The standard InChI is InChI=1S/C23H33F3N8O/c1-14-6-7-15(18(35)28-12-23(24,25)26)10-17(14)30-20-31-19(29-16-8-9-27-11-16)32-21(33-20)34(5)13-22(2,3)4/h6-7,10,16,27H,8-9,11-13H2,1-5H3,(H,28,35)(H2,29,30,31,32,33)/t16-/m0/s1. The summed E-state index contributed by atoms with van der Waals surface area (Å²) in [5, 5.41) is 11.6. The molecule has 1 amide bonds. The summed E-state index contributed by atoms with van der Waals surface area (Å²) in [6.07, 6.45) is -3.55. The zero-order valence-electron chi connectivity index (χ0n) is 20.7. The van der Waals surface area contributed by atoms with E-state index in [1.807, 2.05) is 24.2 Å². The van der Waals surface area contributed by atoms with Crippen LogP contribution < -0.4 is 26.2 Å². The molecule has 4 N–H and O–H groups in total. The lowest BCUT2D eigenvalue weighted by Crippen LogP contribution is -2.33. The Labute approximate surface area is 203 Å². The normalized spacial score (nSPS) is 16.2. The molecular weight excluding hydrogens is 461 g/mol.